The summed E-state index contributed by atoms with van der Waals surface area (Å²) in [6.07, 6.45) is 0.639. The molecule has 0 aliphatic carbocycles. The number of rotatable bonds is 6. The van der Waals surface area contributed by atoms with Crippen molar-refractivity contribution < 1.29 is 8.42 Å². The third-order valence-corrected chi connectivity index (χ3v) is 5.83. The molecule has 2 aromatic rings. The van der Waals surface area contributed by atoms with Crippen LogP contribution in [0.15, 0.2) is 40.6 Å². The van der Waals surface area contributed by atoms with Gasteiger partial charge in [0.2, 0.25) is 10.0 Å². The predicted molar refractivity (Wildman–Crippen MR) is 84.2 cm³/mol. The number of thiophene rings is 1. The minimum Gasteiger partial charge on any atom is -0.211 e. The molecule has 20 heavy (non-hydrogen) atoms. The molecule has 0 atom stereocenters. The van der Waals surface area contributed by atoms with Crippen LogP contribution in [0.2, 0.25) is 5.02 Å². The molecule has 2 rings (SSSR count). The molecule has 1 heterocycles. The molecule has 0 amide bonds. The lowest BCUT2D eigenvalue weighted by atomic mass is 10.2. The van der Waals surface area contributed by atoms with E-state index in [9.17, 15) is 8.42 Å². The SMILES string of the molecule is O=S(=O)(NCCc1csc(CCl)c1)c1ccc(Cl)cc1. The van der Waals surface area contributed by atoms with Gasteiger partial charge in [0.25, 0.3) is 0 Å². The van der Waals surface area contributed by atoms with Gasteiger partial charge in [0.05, 0.1) is 10.8 Å². The Bertz CT molecular complexity index is 666. The van der Waals surface area contributed by atoms with Crippen molar-refractivity contribution in [1.82, 2.24) is 4.72 Å². The molecule has 0 unspecified atom stereocenters. The van der Waals surface area contributed by atoms with E-state index in [1.165, 1.54) is 12.1 Å². The van der Waals surface area contributed by atoms with E-state index in [0.717, 1.165) is 10.4 Å². The van der Waals surface area contributed by atoms with Gasteiger partial charge in [-0.25, -0.2) is 13.1 Å². The van der Waals surface area contributed by atoms with Crippen LogP contribution in [0.3, 0.4) is 0 Å². The average molecular weight is 350 g/mol. The molecule has 0 radical (unpaired) electrons. The zero-order chi connectivity index (χ0) is 14.6. The van der Waals surface area contributed by atoms with Gasteiger partial charge in [-0.15, -0.1) is 22.9 Å². The summed E-state index contributed by atoms with van der Waals surface area (Å²) in [4.78, 5) is 1.30. The maximum absolute atomic E-state index is 12.0. The normalized spacial score (nSPS) is 11.7. The Morgan fingerprint density at radius 3 is 2.50 bits per heavy atom. The molecule has 0 aliphatic rings. The van der Waals surface area contributed by atoms with Crippen molar-refractivity contribution in [2.24, 2.45) is 0 Å². The topological polar surface area (TPSA) is 46.2 Å². The number of halogens is 2. The van der Waals surface area contributed by atoms with Crippen LogP contribution in [-0.2, 0) is 22.3 Å². The molecule has 108 valence electrons. The van der Waals surface area contributed by atoms with Gasteiger partial charge in [0, 0.05) is 16.4 Å². The second kappa shape index (κ2) is 6.91. The van der Waals surface area contributed by atoms with E-state index in [-0.39, 0.29) is 4.90 Å². The molecule has 0 spiro atoms. The van der Waals surface area contributed by atoms with E-state index >= 15 is 0 Å². The van der Waals surface area contributed by atoms with Crippen LogP contribution in [0.1, 0.15) is 10.4 Å². The summed E-state index contributed by atoms with van der Waals surface area (Å²) < 4.78 is 26.6. The molecular formula is C13H13Cl2NO2S2. The third-order valence-electron chi connectivity index (χ3n) is 2.67. The van der Waals surface area contributed by atoms with E-state index in [4.69, 9.17) is 23.2 Å². The number of nitrogens with one attached hydrogen (secondary N) is 1. The lowest BCUT2D eigenvalue weighted by Crippen LogP contribution is -2.25. The Kier molecular flexibility index (Phi) is 5.46. The van der Waals surface area contributed by atoms with E-state index in [0.29, 0.717) is 23.9 Å². The van der Waals surface area contributed by atoms with E-state index in [1.54, 1.807) is 23.5 Å². The van der Waals surface area contributed by atoms with Crippen molar-refractivity contribution in [1.29, 1.82) is 0 Å². The Hall–Kier alpha value is -0.590. The third kappa shape index (κ3) is 4.20. The lowest BCUT2D eigenvalue weighted by Gasteiger charge is -2.06. The van der Waals surface area contributed by atoms with Crippen molar-refractivity contribution in [2.45, 2.75) is 17.2 Å². The fourth-order valence-electron chi connectivity index (χ4n) is 1.65. The van der Waals surface area contributed by atoms with Crippen LogP contribution in [0.5, 0.6) is 0 Å². The smallest absolute Gasteiger partial charge is 0.211 e. The first-order valence-corrected chi connectivity index (χ1v) is 9.16. The van der Waals surface area contributed by atoms with E-state index < -0.39 is 10.0 Å². The maximum Gasteiger partial charge on any atom is 0.240 e. The summed E-state index contributed by atoms with van der Waals surface area (Å²) >= 11 is 13.0. The highest BCUT2D eigenvalue weighted by molar-refractivity contribution is 7.89. The Morgan fingerprint density at radius 2 is 1.90 bits per heavy atom. The van der Waals surface area contributed by atoms with Gasteiger partial charge >= 0.3 is 0 Å². The highest BCUT2D eigenvalue weighted by Gasteiger charge is 2.13. The minimum absolute atomic E-state index is 0.216. The zero-order valence-electron chi connectivity index (χ0n) is 10.5. The van der Waals surface area contributed by atoms with Crippen molar-refractivity contribution >= 4 is 44.6 Å². The van der Waals surface area contributed by atoms with Crippen LogP contribution in [-0.4, -0.2) is 15.0 Å². The molecule has 0 saturated carbocycles. The first-order chi connectivity index (χ1) is 9.51. The van der Waals surface area contributed by atoms with Crippen molar-refractivity contribution in [3.8, 4) is 0 Å². The van der Waals surface area contributed by atoms with Gasteiger partial charge in [-0.2, -0.15) is 0 Å². The largest absolute Gasteiger partial charge is 0.240 e. The quantitative estimate of drug-likeness (QED) is 0.808. The molecule has 0 aliphatic heterocycles. The first-order valence-electron chi connectivity index (χ1n) is 5.89. The van der Waals surface area contributed by atoms with Gasteiger partial charge in [-0.05, 0) is 47.7 Å². The number of benzene rings is 1. The molecular weight excluding hydrogens is 337 g/mol. The fourth-order valence-corrected chi connectivity index (χ4v) is 3.85. The molecule has 0 saturated heterocycles. The lowest BCUT2D eigenvalue weighted by molar-refractivity contribution is 0.581. The average Bonchev–Trinajstić information content (AvgIpc) is 2.87. The monoisotopic (exact) mass is 349 g/mol. The summed E-state index contributed by atoms with van der Waals surface area (Å²) in [5.74, 6) is 0.487. The summed E-state index contributed by atoms with van der Waals surface area (Å²) in [6, 6.07) is 8.08. The molecule has 7 heteroatoms. The van der Waals surface area contributed by atoms with Crippen LogP contribution >= 0.6 is 34.5 Å². The highest BCUT2D eigenvalue weighted by atomic mass is 35.5. The van der Waals surface area contributed by atoms with Gasteiger partial charge in [0.1, 0.15) is 0 Å². The molecule has 0 fully saturated rings. The van der Waals surface area contributed by atoms with Crippen molar-refractivity contribution in [3.05, 3.63) is 51.2 Å². The number of hydrogen-bond donors (Lipinski definition) is 1. The second-order valence-corrected chi connectivity index (χ2v) is 7.62. The van der Waals surface area contributed by atoms with Crippen LogP contribution < -0.4 is 4.72 Å². The van der Waals surface area contributed by atoms with Crippen LogP contribution in [0, 0.1) is 0 Å². The maximum atomic E-state index is 12.0. The molecule has 1 N–H and O–H groups in total. The zero-order valence-corrected chi connectivity index (χ0v) is 13.6. The minimum atomic E-state index is -3.48. The highest BCUT2D eigenvalue weighted by Crippen LogP contribution is 2.17. The number of hydrogen-bond acceptors (Lipinski definition) is 3. The van der Waals surface area contributed by atoms with Crippen molar-refractivity contribution in [3.63, 3.8) is 0 Å². The standard InChI is InChI=1S/C13H13Cl2NO2S2/c14-8-12-7-10(9-19-12)5-6-16-20(17,18)13-3-1-11(15)2-4-13/h1-4,7,9,16H,5-6,8H2. The molecule has 1 aromatic carbocycles. The molecule has 3 nitrogen and oxygen atoms in total. The second-order valence-electron chi connectivity index (χ2n) is 4.16. The van der Waals surface area contributed by atoms with Gasteiger partial charge in [0.15, 0.2) is 0 Å². The van der Waals surface area contributed by atoms with Crippen molar-refractivity contribution in [2.75, 3.05) is 6.54 Å². The Balaban J connectivity index is 1.94. The van der Waals surface area contributed by atoms with E-state index in [2.05, 4.69) is 4.72 Å². The predicted octanol–water partition coefficient (Wildman–Crippen LogP) is 3.66. The summed E-state index contributed by atoms with van der Waals surface area (Å²) in [5, 5.41) is 2.50. The summed E-state index contributed by atoms with van der Waals surface area (Å²) in [5.41, 5.74) is 1.09. The first kappa shape index (κ1) is 15.8. The molecule has 0 bridgehead atoms. The van der Waals surface area contributed by atoms with Gasteiger partial charge in [-0.1, -0.05) is 11.6 Å². The Labute approximate surface area is 132 Å². The number of alkyl halides is 1. The van der Waals surface area contributed by atoms with Crippen LogP contribution in [0.4, 0.5) is 0 Å². The van der Waals surface area contributed by atoms with Gasteiger partial charge in [-0.3, -0.25) is 0 Å². The molecule has 1 aromatic heterocycles. The van der Waals surface area contributed by atoms with E-state index in [1.807, 2.05) is 11.4 Å². The number of sulfonamides is 1. The van der Waals surface area contributed by atoms with Gasteiger partial charge < -0.3 is 0 Å². The summed E-state index contributed by atoms with van der Waals surface area (Å²) in [6.45, 7) is 0.351. The Morgan fingerprint density at radius 1 is 1.20 bits per heavy atom. The fraction of sp³-hybridized carbons (Fsp3) is 0.231. The van der Waals surface area contributed by atoms with Crippen LogP contribution in [0.25, 0.3) is 0 Å². The summed E-state index contributed by atoms with van der Waals surface area (Å²) in [7, 11) is -3.48.